The highest BCUT2D eigenvalue weighted by Crippen LogP contribution is 2.24. The predicted octanol–water partition coefficient (Wildman–Crippen LogP) is 3.08. The van der Waals surface area contributed by atoms with Gasteiger partial charge in [-0.1, -0.05) is 24.3 Å². The Hall–Kier alpha value is -2.03. The van der Waals surface area contributed by atoms with Crippen LogP contribution in [0.25, 0.3) is 0 Å². The molecule has 1 N–H and O–H groups in total. The van der Waals surface area contributed by atoms with Crippen molar-refractivity contribution in [3.63, 3.8) is 0 Å². The molecule has 1 aromatic carbocycles. The van der Waals surface area contributed by atoms with Crippen molar-refractivity contribution in [2.45, 2.75) is 19.9 Å². The first-order valence-corrected chi connectivity index (χ1v) is 6.88. The van der Waals surface area contributed by atoms with Crippen LogP contribution in [-0.4, -0.2) is 18.1 Å². The molecule has 1 aromatic heterocycles. The molecule has 3 heteroatoms. The van der Waals surface area contributed by atoms with E-state index in [2.05, 4.69) is 52.5 Å². The van der Waals surface area contributed by atoms with Gasteiger partial charge in [-0.15, -0.1) is 0 Å². The molecule has 0 atom stereocenters. The van der Waals surface area contributed by atoms with E-state index < -0.39 is 0 Å². The third-order valence-corrected chi connectivity index (χ3v) is 3.58. The number of rotatable bonds is 3. The second-order valence-corrected chi connectivity index (χ2v) is 4.87. The van der Waals surface area contributed by atoms with Crippen molar-refractivity contribution < 1.29 is 0 Å². The normalized spacial score (nSPS) is 14.1. The molecule has 3 nitrogen and oxygen atoms in total. The van der Waals surface area contributed by atoms with Gasteiger partial charge in [0, 0.05) is 37.6 Å². The molecular weight excluding hydrogens is 234 g/mol. The maximum atomic E-state index is 4.50. The third-order valence-electron chi connectivity index (χ3n) is 3.58. The summed E-state index contributed by atoms with van der Waals surface area (Å²) in [6, 6.07) is 12.8. The van der Waals surface area contributed by atoms with Gasteiger partial charge in [0.1, 0.15) is 5.82 Å². The summed E-state index contributed by atoms with van der Waals surface area (Å²) in [7, 11) is 0. The van der Waals surface area contributed by atoms with Gasteiger partial charge in [0.15, 0.2) is 0 Å². The van der Waals surface area contributed by atoms with Gasteiger partial charge in [0.2, 0.25) is 0 Å². The molecule has 2 aromatic rings. The molecule has 0 saturated heterocycles. The summed E-state index contributed by atoms with van der Waals surface area (Å²) in [5, 5.41) is 3.34. The Bertz CT molecular complexity index is 565. The van der Waals surface area contributed by atoms with E-state index in [1.165, 1.54) is 11.1 Å². The summed E-state index contributed by atoms with van der Waals surface area (Å²) in [4.78, 5) is 6.85. The zero-order valence-electron chi connectivity index (χ0n) is 11.3. The first-order valence-electron chi connectivity index (χ1n) is 6.88. The summed E-state index contributed by atoms with van der Waals surface area (Å²) < 4.78 is 0. The fourth-order valence-corrected chi connectivity index (χ4v) is 2.60. The van der Waals surface area contributed by atoms with Gasteiger partial charge in [-0.3, -0.25) is 0 Å². The predicted molar refractivity (Wildman–Crippen MR) is 79.6 cm³/mol. The number of anilines is 2. The largest absolute Gasteiger partial charge is 0.385 e. The molecule has 0 aliphatic carbocycles. The van der Waals surface area contributed by atoms with Gasteiger partial charge >= 0.3 is 0 Å². The standard InChI is InChI=1S/C16H19N3/c1-2-17-15-7-9-18-16(11-15)19-10-8-13-5-3-4-6-14(13)12-19/h3-7,9,11H,2,8,10,12H2,1H3,(H,17,18). The summed E-state index contributed by atoms with van der Waals surface area (Å²) in [5.41, 5.74) is 4.04. The highest BCUT2D eigenvalue weighted by atomic mass is 15.2. The summed E-state index contributed by atoms with van der Waals surface area (Å²) in [6.45, 7) is 5.04. The third kappa shape index (κ3) is 2.55. The van der Waals surface area contributed by atoms with Gasteiger partial charge in [0.05, 0.1) is 0 Å². The minimum absolute atomic E-state index is 0.937. The quantitative estimate of drug-likeness (QED) is 0.911. The van der Waals surface area contributed by atoms with Crippen LogP contribution in [0, 0.1) is 0 Å². The minimum Gasteiger partial charge on any atom is -0.385 e. The topological polar surface area (TPSA) is 28.2 Å². The number of pyridine rings is 1. The average Bonchev–Trinajstić information content (AvgIpc) is 2.47. The average molecular weight is 253 g/mol. The maximum Gasteiger partial charge on any atom is 0.130 e. The zero-order chi connectivity index (χ0) is 13.1. The number of nitrogens with zero attached hydrogens (tertiary/aromatic N) is 2. The van der Waals surface area contributed by atoms with Crippen molar-refractivity contribution in [3.8, 4) is 0 Å². The number of hydrogen-bond donors (Lipinski definition) is 1. The Morgan fingerprint density at radius 2 is 2.05 bits per heavy atom. The van der Waals surface area contributed by atoms with Crippen LogP contribution in [0.4, 0.5) is 11.5 Å². The Labute approximate surface area is 114 Å². The Kier molecular flexibility index (Phi) is 3.36. The van der Waals surface area contributed by atoms with Crippen LogP contribution in [0.5, 0.6) is 0 Å². The van der Waals surface area contributed by atoms with Crippen LogP contribution < -0.4 is 10.2 Å². The van der Waals surface area contributed by atoms with E-state index in [1.807, 2.05) is 12.3 Å². The van der Waals surface area contributed by atoms with Crippen LogP contribution in [0.15, 0.2) is 42.6 Å². The Balaban J connectivity index is 1.82. The second kappa shape index (κ2) is 5.31. The molecule has 0 bridgehead atoms. The molecular formula is C16H19N3. The van der Waals surface area contributed by atoms with E-state index >= 15 is 0 Å². The lowest BCUT2D eigenvalue weighted by atomic mass is 10.00. The van der Waals surface area contributed by atoms with E-state index in [4.69, 9.17) is 0 Å². The molecule has 0 amide bonds. The molecule has 19 heavy (non-hydrogen) atoms. The monoisotopic (exact) mass is 253 g/mol. The van der Waals surface area contributed by atoms with Crippen LogP contribution in [0.3, 0.4) is 0 Å². The molecule has 1 aliphatic rings. The highest BCUT2D eigenvalue weighted by molar-refractivity contribution is 5.54. The van der Waals surface area contributed by atoms with Crippen molar-refractivity contribution in [2.75, 3.05) is 23.3 Å². The van der Waals surface area contributed by atoms with Crippen LogP contribution in [0.1, 0.15) is 18.1 Å². The van der Waals surface area contributed by atoms with Crippen molar-refractivity contribution in [1.29, 1.82) is 0 Å². The van der Waals surface area contributed by atoms with Gasteiger partial charge in [-0.25, -0.2) is 4.98 Å². The van der Waals surface area contributed by atoms with Crippen molar-refractivity contribution >= 4 is 11.5 Å². The highest BCUT2D eigenvalue weighted by Gasteiger charge is 2.16. The molecule has 1 aliphatic heterocycles. The number of benzene rings is 1. The summed E-state index contributed by atoms with van der Waals surface area (Å²) >= 11 is 0. The molecule has 0 radical (unpaired) electrons. The molecule has 0 saturated carbocycles. The van der Waals surface area contributed by atoms with Crippen molar-refractivity contribution in [2.24, 2.45) is 0 Å². The molecule has 0 fully saturated rings. The molecule has 0 spiro atoms. The van der Waals surface area contributed by atoms with Gasteiger partial charge < -0.3 is 10.2 Å². The molecule has 98 valence electrons. The maximum absolute atomic E-state index is 4.50. The molecule has 0 unspecified atom stereocenters. The van der Waals surface area contributed by atoms with Gasteiger partial charge in [0.25, 0.3) is 0 Å². The summed E-state index contributed by atoms with van der Waals surface area (Å²) in [5.74, 6) is 1.06. The van der Waals surface area contributed by atoms with Crippen molar-refractivity contribution in [3.05, 3.63) is 53.7 Å². The molecule has 2 heterocycles. The summed E-state index contributed by atoms with van der Waals surface area (Å²) in [6.07, 6.45) is 2.98. The number of hydrogen-bond acceptors (Lipinski definition) is 3. The van der Waals surface area contributed by atoms with Crippen molar-refractivity contribution in [1.82, 2.24) is 4.98 Å². The van der Waals surface area contributed by atoms with E-state index in [0.29, 0.717) is 0 Å². The van der Waals surface area contributed by atoms with Gasteiger partial charge in [-0.05, 0) is 30.5 Å². The lowest BCUT2D eigenvalue weighted by molar-refractivity contribution is 0.721. The lowest BCUT2D eigenvalue weighted by Gasteiger charge is -2.30. The second-order valence-electron chi connectivity index (χ2n) is 4.87. The van der Waals surface area contributed by atoms with E-state index in [1.54, 1.807) is 0 Å². The Morgan fingerprint density at radius 3 is 2.89 bits per heavy atom. The smallest absolute Gasteiger partial charge is 0.130 e. The minimum atomic E-state index is 0.937. The zero-order valence-corrected chi connectivity index (χ0v) is 11.3. The first-order chi connectivity index (χ1) is 9.36. The van der Waals surface area contributed by atoms with E-state index in [0.717, 1.165) is 37.6 Å². The fraction of sp³-hybridized carbons (Fsp3) is 0.312. The van der Waals surface area contributed by atoms with Crippen LogP contribution in [-0.2, 0) is 13.0 Å². The van der Waals surface area contributed by atoms with Gasteiger partial charge in [-0.2, -0.15) is 0 Å². The number of aromatic nitrogens is 1. The van der Waals surface area contributed by atoms with Crippen LogP contribution in [0.2, 0.25) is 0 Å². The number of nitrogens with one attached hydrogen (secondary N) is 1. The lowest BCUT2D eigenvalue weighted by Crippen LogP contribution is -2.30. The van der Waals surface area contributed by atoms with Crippen LogP contribution >= 0.6 is 0 Å². The fourth-order valence-electron chi connectivity index (χ4n) is 2.60. The molecule has 3 rings (SSSR count). The van der Waals surface area contributed by atoms with E-state index in [-0.39, 0.29) is 0 Å². The first kappa shape index (κ1) is 12.0. The SMILES string of the molecule is CCNc1ccnc(N2CCc3ccccc3C2)c1. The number of fused-ring (bicyclic) bond motifs is 1. The Morgan fingerprint density at radius 1 is 1.21 bits per heavy atom. The van der Waals surface area contributed by atoms with E-state index in [9.17, 15) is 0 Å².